The van der Waals surface area contributed by atoms with Gasteiger partial charge in [0.2, 0.25) is 0 Å². The average Bonchev–Trinajstić information content (AvgIpc) is 3.44. The van der Waals surface area contributed by atoms with E-state index in [-0.39, 0.29) is 58.0 Å². The van der Waals surface area contributed by atoms with E-state index >= 15 is 4.79 Å². The predicted molar refractivity (Wildman–Crippen MR) is 232 cm³/mol. The number of Topliss-reactive ketones (excluding diaryl/α,β-unsaturated/α-hetero) is 2. The van der Waals surface area contributed by atoms with Crippen LogP contribution in [0.1, 0.15) is 129 Å². The molecule has 2 saturated heterocycles. The van der Waals surface area contributed by atoms with Crippen LogP contribution < -0.4 is 4.90 Å². The summed E-state index contributed by atoms with van der Waals surface area (Å²) in [6.45, 7) is 19.7. The molecular formula is C52H69N2O6+. The lowest BCUT2D eigenvalue weighted by molar-refractivity contribution is -0.856. The van der Waals surface area contributed by atoms with E-state index in [4.69, 9.17) is 14.5 Å². The number of aliphatic hydroxyl groups excluding tert-OH is 1. The Morgan fingerprint density at radius 3 is 2.50 bits per heavy atom. The van der Waals surface area contributed by atoms with Gasteiger partial charge in [0.15, 0.2) is 11.8 Å². The Labute approximate surface area is 357 Å². The number of nitrogens with one attached hydrogen (secondary N) is 1. The first-order valence-corrected chi connectivity index (χ1v) is 23.4. The number of hydrogen-bond acceptors (Lipinski definition) is 7. The molecule has 60 heavy (non-hydrogen) atoms. The normalized spacial score (nSPS) is 42.0. The fourth-order valence-corrected chi connectivity index (χ4v) is 15.9. The molecule has 322 valence electrons. The highest BCUT2D eigenvalue weighted by molar-refractivity contribution is 6.07. The number of aryl methyl sites for hydroxylation is 1. The Kier molecular flexibility index (Phi) is 9.40. The Hall–Kier alpha value is -3.01. The van der Waals surface area contributed by atoms with Crippen LogP contribution in [0.2, 0.25) is 0 Å². The van der Waals surface area contributed by atoms with Crippen molar-refractivity contribution in [2.75, 3.05) is 19.8 Å². The molecule has 1 aromatic rings. The summed E-state index contributed by atoms with van der Waals surface area (Å²) in [6, 6.07) is 7.11. The number of fused-ring (bicyclic) bond motifs is 3. The van der Waals surface area contributed by atoms with E-state index in [1.54, 1.807) is 0 Å². The number of carbonyl (C=O) groups is 2. The number of carbonyl (C=O) groups excluding carboxylic acids is 2. The van der Waals surface area contributed by atoms with E-state index < -0.39 is 22.5 Å². The molecular weight excluding hydrogens is 749 g/mol. The van der Waals surface area contributed by atoms with Crippen molar-refractivity contribution in [3.8, 4) is 0 Å². The maximum absolute atomic E-state index is 15.0. The molecule has 5 fully saturated rings. The van der Waals surface area contributed by atoms with Crippen molar-refractivity contribution < 1.29 is 34.2 Å². The van der Waals surface area contributed by atoms with E-state index in [0.29, 0.717) is 37.5 Å². The van der Waals surface area contributed by atoms with Crippen LogP contribution in [0.15, 0.2) is 70.5 Å². The zero-order valence-corrected chi connectivity index (χ0v) is 37.4. The summed E-state index contributed by atoms with van der Waals surface area (Å²) in [5, 5.41) is 25.7. The van der Waals surface area contributed by atoms with E-state index in [2.05, 4.69) is 84.2 Å². The molecule has 1 aromatic carbocycles. The lowest BCUT2D eigenvalue weighted by atomic mass is 9.32. The lowest BCUT2D eigenvalue weighted by Gasteiger charge is -2.72. The second kappa shape index (κ2) is 13.7. The number of benzene rings is 1. The van der Waals surface area contributed by atoms with Gasteiger partial charge in [-0.25, -0.2) is 0 Å². The van der Waals surface area contributed by atoms with Gasteiger partial charge in [-0.3, -0.25) is 19.5 Å². The van der Waals surface area contributed by atoms with Crippen molar-refractivity contribution in [1.82, 2.24) is 0 Å². The van der Waals surface area contributed by atoms with Gasteiger partial charge in [-0.1, -0.05) is 70.5 Å². The summed E-state index contributed by atoms with van der Waals surface area (Å²) in [7, 11) is 0. The number of aliphatic imine (C=N–C) groups is 1. The van der Waals surface area contributed by atoms with E-state index in [1.807, 2.05) is 20.0 Å². The minimum absolute atomic E-state index is 0.0343. The van der Waals surface area contributed by atoms with E-state index in [0.717, 1.165) is 75.0 Å². The molecule has 8 heteroatoms. The van der Waals surface area contributed by atoms with Crippen molar-refractivity contribution in [2.24, 2.45) is 50.3 Å². The van der Waals surface area contributed by atoms with Gasteiger partial charge in [-0.05, 0) is 123 Å². The smallest absolute Gasteiger partial charge is 0.160 e. The maximum Gasteiger partial charge on any atom is 0.160 e. The fraction of sp³-hybridized carbons (Fsp3) is 0.673. The Morgan fingerprint density at radius 1 is 1.02 bits per heavy atom. The number of ketones is 2. The monoisotopic (exact) mass is 818 g/mol. The van der Waals surface area contributed by atoms with Gasteiger partial charge in [-0.15, -0.1) is 0 Å². The molecule has 12 unspecified atom stereocenters. The maximum atomic E-state index is 15.0. The predicted octanol–water partition coefficient (Wildman–Crippen LogP) is 7.12. The van der Waals surface area contributed by atoms with Crippen molar-refractivity contribution in [1.29, 1.82) is 0 Å². The third kappa shape index (κ3) is 5.82. The van der Waals surface area contributed by atoms with Crippen LogP contribution in [0.3, 0.4) is 0 Å². The third-order valence-electron chi connectivity index (χ3n) is 18.5. The summed E-state index contributed by atoms with van der Waals surface area (Å²) in [5.41, 5.74) is 5.12. The highest BCUT2D eigenvalue weighted by Gasteiger charge is 2.77. The van der Waals surface area contributed by atoms with Gasteiger partial charge in [0.25, 0.3) is 0 Å². The number of aliphatic hydroxyl groups is 2. The Morgan fingerprint density at radius 2 is 1.77 bits per heavy atom. The summed E-state index contributed by atoms with van der Waals surface area (Å²) in [5.74, 6) is 0.518. The summed E-state index contributed by atoms with van der Waals surface area (Å²) in [6.07, 6.45) is 17.6. The highest BCUT2D eigenvalue weighted by Crippen LogP contribution is 2.79. The van der Waals surface area contributed by atoms with Gasteiger partial charge in [-0.2, -0.15) is 0 Å². The molecule has 10 aliphatic rings. The van der Waals surface area contributed by atoms with Crippen LogP contribution in [0.4, 0.5) is 0 Å². The molecule has 2 bridgehead atoms. The lowest BCUT2D eigenvalue weighted by Crippen LogP contribution is -3.11. The molecule has 3 N–H and O–H groups in total. The van der Waals surface area contributed by atoms with Crippen LogP contribution in [-0.2, 0) is 25.5 Å². The highest BCUT2D eigenvalue weighted by atomic mass is 16.6. The number of allylic oxidation sites excluding steroid dienone is 2. The molecule has 12 atom stereocenters. The van der Waals surface area contributed by atoms with Gasteiger partial charge < -0.3 is 19.7 Å². The summed E-state index contributed by atoms with van der Waals surface area (Å²) in [4.78, 5) is 35.0. The van der Waals surface area contributed by atoms with Crippen LogP contribution in [0, 0.1) is 52.3 Å². The number of epoxide rings is 1. The molecule has 8 nitrogen and oxygen atoms in total. The second-order valence-corrected chi connectivity index (χ2v) is 22.6. The van der Waals surface area contributed by atoms with E-state index in [9.17, 15) is 15.0 Å². The zero-order chi connectivity index (χ0) is 42.4. The topological polar surface area (TPSA) is 113 Å². The average molecular weight is 818 g/mol. The Bertz CT molecular complexity index is 2170. The van der Waals surface area contributed by atoms with Gasteiger partial charge in [0.1, 0.15) is 23.8 Å². The fourth-order valence-electron chi connectivity index (χ4n) is 15.9. The molecule has 3 saturated carbocycles. The molecule has 4 aliphatic heterocycles. The third-order valence-corrected chi connectivity index (χ3v) is 18.5. The van der Waals surface area contributed by atoms with Crippen LogP contribution in [0.25, 0.3) is 0 Å². The van der Waals surface area contributed by atoms with Crippen molar-refractivity contribution >= 4 is 17.3 Å². The molecule has 11 rings (SSSR count). The number of quaternary nitrogens is 1. The van der Waals surface area contributed by atoms with Crippen molar-refractivity contribution in [2.45, 2.75) is 155 Å². The Balaban J connectivity index is 1.08. The second-order valence-electron chi connectivity index (χ2n) is 22.6. The SMILES string of the molecule is Cc1cc(CC2=C[NH+](CC3C4=C(C(C)CC(O)C5OC5(C)C)C(=O)CC45CC=CC3(O)C3C4(C)CCC(=O)C(C)(C)C4CCC35C)C3C=CN=C23)cc(C2CCOCC2)c1. The van der Waals surface area contributed by atoms with Crippen LogP contribution >= 0.6 is 0 Å². The standard InChI is InChI=1S/C52H68N2O6/c1-30-22-32(25-34(23-30)33-13-20-59-21-14-33)26-35-28-54(37-12-19-53-44(35)37)29-36-43-42(31(2)24-38(55)45-48(5,6)60-45)39(56)27-51(43)15-9-16-52(36,58)46-49(7)17-11-41(57)47(3,4)40(49)10-18-50(46,51)8/h9,12,16,19,22-23,25,28,31,33,36-38,40,45-46,55,58H,10-11,13-15,17-18,20-21,24,26-27,29H2,1-8H3/p+1. The number of rotatable bonds is 9. The molecule has 0 amide bonds. The van der Waals surface area contributed by atoms with Gasteiger partial charge in [0, 0.05) is 61.0 Å². The molecule has 0 aromatic heterocycles. The molecule has 0 radical (unpaired) electrons. The van der Waals surface area contributed by atoms with Crippen LogP contribution in [-0.4, -0.2) is 76.7 Å². The number of ether oxygens (including phenoxy) is 2. The van der Waals surface area contributed by atoms with Gasteiger partial charge in [0.05, 0.1) is 29.8 Å². The molecule has 4 heterocycles. The zero-order valence-electron chi connectivity index (χ0n) is 37.4. The number of hydrogen-bond donors (Lipinski definition) is 3. The summed E-state index contributed by atoms with van der Waals surface area (Å²) < 4.78 is 11.6. The van der Waals surface area contributed by atoms with E-state index in [1.165, 1.54) is 27.2 Å². The van der Waals surface area contributed by atoms with Crippen molar-refractivity contribution in [3.63, 3.8) is 0 Å². The quantitative estimate of drug-likeness (QED) is 0.181. The van der Waals surface area contributed by atoms with Crippen molar-refractivity contribution in [3.05, 3.63) is 82.2 Å². The minimum atomic E-state index is -1.25. The molecule has 1 spiro atoms. The first-order valence-electron chi connectivity index (χ1n) is 23.4. The molecule has 6 aliphatic carbocycles. The van der Waals surface area contributed by atoms with Crippen LogP contribution in [0.5, 0.6) is 0 Å². The number of nitrogens with zero attached hydrogens (tertiary/aromatic N) is 1. The summed E-state index contributed by atoms with van der Waals surface area (Å²) >= 11 is 0. The minimum Gasteiger partial charge on any atom is -0.390 e. The van der Waals surface area contributed by atoms with Gasteiger partial charge >= 0.3 is 0 Å². The largest absolute Gasteiger partial charge is 0.390 e. The first kappa shape index (κ1) is 41.0. The first-order chi connectivity index (χ1) is 28.3.